The predicted octanol–water partition coefficient (Wildman–Crippen LogP) is 18.1. The van der Waals surface area contributed by atoms with E-state index in [1.165, 1.54) is 50.1 Å². The van der Waals surface area contributed by atoms with Gasteiger partial charge in [-0.05, 0) is 140 Å². The summed E-state index contributed by atoms with van der Waals surface area (Å²) >= 11 is 0. The lowest BCUT2D eigenvalue weighted by molar-refractivity contribution is 0.669. The summed E-state index contributed by atoms with van der Waals surface area (Å²) in [6.45, 7) is 0. The Morgan fingerprint density at radius 1 is 0.232 bits per heavy atom. The first-order chi connectivity index (χ1) is 34.2. The SMILES string of the molecule is c1ccc(-c2cc(-c3ccccc3)cc(-c3ccc(N(c4ccc(-c5ccc6oc7ccccc7c6c5)cc4)c4ccc(C(c5ccccc5)(c5ccccc5)c5ccccc5)cc4)cc3)c2)cc1. The van der Waals surface area contributed by atoms with Gasteiger partial charge in [-0.1, -0.05) is 212 Å². The van der Waals surface area contributed by atoms with E-state index in [0.29, 0.717) is 0 Å². The molecule has 12 aromatic rings. The fourth-order valence-corrected chi connectivity index (χ4v) is 10.3. The first kappa shape index (κ1) is 41.5. The zero-order chi connectivity index (χ0) is 46.0. The molecule has 0 atom stereocenters. The average molecular weight is 882 g/mol. The molecule has 0 aliphatic carbocycles. The molecule has 0 saturated carbocycles. The van der Waals surface area contributed by atoms with Crippen molar-refractivity contribution in [3.8, 4) is 44.5 Å². The van der Waals surface area contributed by atoms with Gasteiger partial charge >= 0.3 is 0 Å². The Labute approximate surface area is 403 Å². The highest BCUT2D eigenvalue weighted by atomic mass is 16.3. The third kappa shape index (κ3) is 7.78. The van der Waals surface area contributed by atoms with Gasteiger partial charge in [-0.2, -0.15) is 0 Å². The molecule has 0 spiro atoms. The first-order valence-electron chi connectivity index (χ1n) is 23.6. The zero-order valence-corrected chi connectivity index (χ0v) is 38.0. The monoisotopic (exact) mass is 881 g/mol. The smallest absolute Gasteiger partial charge is 0.135 e. The van der Waals surface area contributed by atoms with Crippen LogP contribution < -0.4 is 4.90 Å². The van der Waals surface area contributed by atoms with Crippen LogP contribution in [0.5, 0.6) is 0 Å². The number of para-hydroxylation sites is 1. The largest absolute Gasteiger partial charge is 0.456 e. The highest BCUT2D eigenvalue weighted by Crippen LogP contribution is 2.47. The quantitative estimate of drug-likeness (QED) is 0.120. The molecule has 0 bridgehead atoms. The summed E-state index contributed by atoms with van der Waals surface area (Å²) in [5.74, 6) is 0. The molecule has 11 aromatic carbocycles. The second kappa shape index (κ2) is 18.0. The van der Waals surface area contributed by atoms with Crippen molar-refractivity contribution in [3.05, 3.63) is 307 Å². The van der Waals surface area contributed by atoms with Crippen molar-refractivity contribution in [2.45, 2.75) is 5.41 Å². The van der Waals surface area contributed by atoms with Crippen molar-refractivity contribution in [3.63, 3.8) is 0 Å². The highest BCUT2D eigenvalue weighted by Gasteiger charge is 2.38. The van der Waals surface area contributed by atoms with Crippen LogP contribution in [0.4, 0.5) is 17.1 Å². The number of benzene rings is 11. The Hall–Kier alpha value is -8.98. The van der Waals surface area contributed by atoms with Crippen molar-refractivity contribution < 1.29 is 4.42 Å². The minimum absolute atomic E-state index is 0.551. The molecule has 2 heteroatoms. The van der Waals surface area contributed by atoms with Gasteiger partial charge < -0.3 is 9.32 Å². The van der Waals surface area contributed by atoms with Crippen molar-refractivity contribution >= 4 is 39.0 Å². The molecule has 0 fully saturated rings. The van der Waals surface area contributed by atoms with Gasteiger partial charge in [0.05, 0.1) is 5.41 Å². The highest BCUT2D eigenvalue weighted by molar-refractivity contribution is 6.06. The second-order valence-corrected chi connectivity index (χ2v) is 17.7. The summed E-state index contributed by atoms with van der Waals surface area (Å²) in [5, 5.41) is 2.25. The lowest BCUT2D eigenvalue weighted by Crippen LogP contribution is -2.31. The Morgan fingerprint density at radius 3 is 1.03 bits per heavy atom. The summed E-state index contributed by atoms with van der Waals surface area (Å²) in [4.78, 5) is 2.37. The molecule has 1 aromatic heterocycles. The number of anilines is 3. The minimum Gasteiger partial charge on any atom is -0.456 e. The maximum atomic E-state index is 6.18. The summed E-state index contributed by atoms with van der Waals surface area (Å²) in [7, 11) is 0. The van der Waals surface area contributed by atoms with E-state index in [4.69, 9.17) is 4.42 Å². The maximum Gasteiger partial charge on any atom is 0.135 e. The van der Waals surface area contributed by atoms with E-state index in [1.54, 1.807) is 0 Å². The number of hydrogen-bond donors (Lipinski definition) is 0. The van der Waals surface area contributed by atoms with Gasteiger partial charge in [0.2, 0.25) is 0 Å². The van der Waals surface area contributed by atoms with E-state index in [9.17, 15) is 0 Å². The summed E-state index contributed by atoms with van der Waals surface area (Å²) in [6.07, 6.45) is 0. The van der Waals surface area contributed by atoms with Crippen LogP contribution in [0.25, 0.3) is 66.4 Å². The molecule has 12 rings (SSSR count). The molecule has 2 nitrogen and oxygen atoms in total. The van der Waals surface area contributed by atoms with E-state index in [0.717, 1.165) is 55.7 Å². The summed E-state index contributed by atoms with van der Waals surface area (Å²) in [5.41, 5.74) is 18.6. The number of fused-ring (bicyclic) bond motifs is 3. The number of rotatable bonds is 11. The van der Waals surface area contributed by atoms with Crippen LogP contribution in [0.2, 0.25) is 0 Å². The number of hydrogen-bond acceptors (Lipinski definition) is 2. The zero-order valence-electron chi connectivity index (χ0n) is 38.0. The number of furan rings is 1. The molecule has 0 aliphatic rings. The molecule has 0 saturated heterocycles. The molecular formula is C67H47NO. The van der Waals surface area contributed by atoms with Crippen LogP contribution in [0, 0.1) is 0 Å². The van der Waals surface area contributed by atoms with Crippen LogP contribution >= 0.6 is 0 Å². The predicted molar refractivity (Wildman–Crippen MR) is 288 cm³/mol. The standard InChI is InChI=1S/C67H47NO/c1-6-18-48(19-7-1)53-44-54(49-20-8-2-9-21-49)46-55(45-53)51-32-39-61(40-33-51)68(60-37-30-50(31-38-60)52-34-43-66-64(47-52)63-28-16-17-29-65(63)69-66)62-41-35-59(36-42-62)67(56-22-10-3-11-23-56,57-24-12-4-13-25-57)58-26-14-5-15-27-58/h1-47H. The Kier molecular flexibility index (Phi) is 10.8. The van der Waals surface area contributed by atoms with Crippen molar-refractivity contribution in [2.75, 3.05) is 4.90 Å². The third-order valence-corrected chi connectivity index (χ3v) is 13.6. The van der Waals surface area contributed by atoms with Gasteiger partial charge in [-0.3, -0.25) is 0 Å². The Morgan fingerprint density at radius 2 is 0.565 bits per heavy atom. The fourth-order valence-electron chi connectivity index (χ4n) is 10.3. The van der Waals surface area contributed by atoms with Gasteiger partial charge in [0.25, 0.3) is 0 Å². The van der Waals surface area contributed by atoms with Crippen LogP contribution in [0.15, 0.2) is 290 Å². The van der Waals surface area contributed by atoms with Crippen LogP contribution in [0.1, 0.15) is 22.3 Å². The third-order valence-electron chi connectivity index (χ3n) is 13.6. The molecule has 0 unspecified atom stereocenters. The van der Waals surface area contributed by atoms with Gasteiger partial charge in [-0.15, -0.1) is 0 Å². The average Bonchev–Trinajstić information content (AvgIpc) is 3.81. The lowest BCUT2D eigenvalue weighted by atomic mass is 9.65. The molecule has 0 N–H and O–H groups in total. The van der Waals surface area contributed by atoms with Gasteiger partial charge in [-0.25, -0.2) is 0 Å². The van der Waals surface area contributed by atoms with Crippen molar-refractivity contribution in [2.24, 2.45) is 0 Å². The van der Waals surface area contributed by atoms with Gasteiger partial charge in [0.15, 0.2) is 0 Å². The van der Waals surface area contributed by atoms with E-state index < -0.39 is 5.41 Å². The number of nitrogens with zero attached hydrogens (tertiary/aromatic N) is 1. The molecule has 0 aliphatic heterocycles. The van der Waals surface area contributed by atoms with E-state index in [-0.39, 0.29) is 0 Å². The van der Waals surface area contributed by atoms with E-state index in [2.05, 4.69) is 278 Å². The molecule has 326 valence electrons. The van der Waals surface area contributed by atoms with Crippen LogP contribution in [-0.4, -0.2) is 0 Å². The first-order valence-corrected chi connectivity index (χ1v) is 23.6. The summed E-state index contributed by atoms with van der Waals surface area (Å²) < 4.78 is 6.18. The molecule has 0 radical (unpaired) electrons. The van der Waals surface area contributed by atoms with Gasteiger partial charge in [0.1, 0.15) is 11.2 Å². The Balaban J connectivity index is 0.977. The van der Waals surface area contributed by atoms with Crippen molar-refractivity contribution in [1.82, 2.24) is 0 Å². The van der Waals surface area contributed by atoms with Crippen molar-refractivity contribution in [1.29, 1.82) is 0 Å². The lowest BCUT2D eigenvalue weighted by Gasteiger charge is -2.37. The summed E-state index contributed by atoms with van der Waals surface area (Å²) in [6, 6.07) is 103. The van der Waals surface area contributed by atoms with E-state index >= 15 is 0 Å². The van der Waals surface area contributed by atoms with Crippen LogP contribution in [-0.2, 0) is 5.41 Å². The Bertz CT molecular complexity index is 3510. The molecule has 0 amide bonds. The second-order valence-electron chi connectivity index (χ2n) is 17.7. The fraction of sp³-hybridized carbons (Fsp3) is 0.0149. The molecular weight excluding hydrogens is 835 g/mol. The molecule has 1 heterocycles. The topological polar surface area (TPSA) is 16.4 Å². The maximum absolute atomic E-state index is 6.18. The van der Waals surface area contributed by atoms with E-state index in [1.807, 2.05) is 12.1 Å². The normalized spacial score (nSPS) is 11.5. The van der Waals surface area contributed by atoms with Crippen LogP contribution in [0.3, 0.4) is 0 Å². The van der Waals surface area contributed by atoms with Gasteiger partial charge in [0, 0.05) is 27.8 Å². The minimum atomic E-state index is -0.551. The molecule has 69 heavy (non-hydrogen) atoms.